The van der Waals surface area contributed by atoms with Crippen molar-refractivity contribution in [3.05, 3.63) is 59.2 Å². The van der Waals surface area contributed by atoms with E-state index in [4.69, 9.17) is 14.7 Å². The molecular weight excluding hydrogens is 378 g/mol. The minimum Gasteiger partial charge on any atom is -0.493 e. The van der Waals surface area contributed by atoms with Crippen molar-refractivity contribution in [1.29, 1.82) is 5.26 Å². The highest BCUT2D eigenvalue weighted by molar-refractivity contribution is 5.76. The van der Waals surface area contributed by atoms with Gasteiger partial charge in [-0.3, -0.25) is 4.79 Å². The van der Waals surface area contributed by atoms with Crippen molar-refractivity contribution < 1.29 is 14.3 Å². The van der Waals surface area contributed by atoms with Gasteiger partial charge in [0.15, 0.2) is 11.5 Å². The average molecular weight is 410 g/mol. The highest BCUT2D eigenvalue weighted by Crippen LogP contribution is 2.27. The smallest absolute Gasteiger partial charge is 0.220 e. The van der Waals surface area contributed by atoms with Crippen molar-refractivity contribution in [1.82, 2.24) is 10.2 Å². The van der Waals surface area contributed by atoms with E-state index in [9.17, 15) is 4.79 Å². The normalized spacial score (nSPS) is 10.5. The molecule has 0 radical (unpaired) electrons. The largest absolute Gasteiger partial charge is 0.493 e. The first-order valence-corrected chi connectivity index (χ1v) is 10.2. The van der Waals surface area contributed by atoms with Crippen LogP contribution in [-0.4, -0.2) is 51.7 Å². The zero-order valence-electron chi connectivity index (χ0n) is 18.1. The second-order valence-corrected chi connectivity index (χ2v) is 7.26. The van der Waals surface area contributed by atoms with Gasteiger partial charge in [0.1, 0.15) is 0 Å². The number of nitrogens with zero attached hydrogens (tertiary/aromatic N) is 2. The lowest BCUT2D eigenvalue weighted by molar-refractivity contribution is -0.121. The number of amides is 1. The second-order valence-electron chi connectivity index (χ2n) is 7.26. The Labute approximate surface area is 179 Å². The summed E-state index contributed by atoms with van der Waals surface area (Å²) in [5, 5.41) is 11.9. The summed E-state index contributed by atoms with van der Waals surface area (Å²) in [5.41, 5.74) is 2.84. The number of benzene rings is 2. The van der Waals surface area contributed by atoms with Crippen molar-refractivity contribution in [3.8, 4) is 17.6 Å². The lowest BCUT2D eigenvalue weighted by Gasteiger charge is -2.17. The molecule has 2 aromatic carbocycles. The molecule has 0 saturated heterocycles. The number of hydrogen-bond acceptors (Lipinski definition) is 5. The topological polar surface area (TPSA) is 74.6 Å². The van der Waals surface area contributed by atoms with Gasteiger partial charge in [-0.2, -0.15) is 5.26 Å². The Kier molecular flexibility index (Phi) is 9.69. The van der Waals surface area contributed by atoms with Crippen molar-refractivity contribution in [2.24, 2.45) is 0 Å². The molecule has 0 heterocycles. The molecule has 0 atom stereocenters. The number of nitriles is 1. The van der Waals surface area contributed by atoms with E-state index in [2.05, 4.69) is 29.4 Å². The molecule has 1 amide bonds. The molecule has 0 spiro atoms. The van der Waals surface area contributed by atoms with Gasteiger partial charge < -0.3 is 19.7 Å². The van der Waals surface area contributed by atoms with Crippen LogP contribution in [0, 0.1) is 11.3 Å². The fourth-order valence-electron chi connectivity index (χ4n) is 3.19. The quantitative estimate of drug-likeness (QED) is 0.545. The standard InChI is InChI=1S/C24H31N3O3/c1-27(15-12-20-8-10-22(29-2)23(17-20)30-3)14-5-13-26-24(28)11-9-19-6-4-7-21(16-19)18-25/h4,6-8,10,16-17H,5,9,11-15H2,1-3H3,(H,26,28). The van der Waals surface area contributed by atoms with E-state index in [1.807, 2.05) is 30.3 Å². The van der Waals surface area contributed by atoms with Crippen LogP contribution in [0.3, 0.4) is 0 Å². The zero-order valence-corrected chi connectivity index (χ0v) is 18.1. The van der Waals surface area contributed by atoms with Gasteiger partial charge in [0.2, 0.25) is 5.91 Å². The van der Waals surface area contributed by atoms with E-state index in [1.165, 1.54) is 5.56 Å². The molecule has 30 heavy (non-hydrogen) atoms. The molecular formula is C24H31N3O3. The van der Waals surface area contributed by atoms with Crippen LogP contribution in [0.1, 0.15) is 29.5 Å². The fourth-order valence-corrected chi connectivity index (χ4v) is 3.19. The van der Waals surface area contributed by atoms with Crippen LogP contribution >= 0.6 is 0 Å². The number of carbonyl (C=O) groups excluding carboxylic acids is 1. The molecule has 0 saturated carbocycles. The Balaban J connectivity index is 1.62. The minimum absolute atomic E-state index is 0.0466. The molecule has 0 aromatic heterocycles. The Hall–Kier alpha value is -3.04. The number of ether oxygens (including phenoxy) is 2. The number of rotatable bonds is 12. The van der Waals surface area contributed by atoms with Gasteiger partial charge in [-0.25, -0.2) is 0 Å². The monoisotopic (exact) mass is 409 g/mol. The fraction of sp³-hybridized carbons (Fsp3) is 0.417. The number of nitrogens with one attached hydrogen (secondary N) is 1. The van der Waals surface area contributed by atoms with Gasteiger partial charge in [0.05, 0.1) is 25.9 Å². The molecule has 6 heteroatoms. The Morgan fingerprint density at radius 1 is 1.03 bits per heavy atom. The lowest BCUT2D eigenvalue weighted by Crippen LogP contribution is -2.29. The molecule has 0 aliphatic carbocycles. The number of hydrogen-bond donors (Lipinski definition) is 1. The minimum atomic E-state index is 0.0466. The van der Waals surface area contributed by atoms with Crippen molar-refractivity contribution >= 4 is 5.91 Å². The second kappa shape index (κ2) is 12.5. The highest BCUT2D eigenvalue weighted by atomic mass is 16.5. The van der Waals surface area contributed by atoms with E-state index < -0.39 is 0 Å². The first-order valence-electron chi connectivity index (χ1n) is 10.2. The summed E-state index contributed by atoms with van der Waals surface area (Å²) < 4.78 is 10.6. The molecule has 0 bridgehead atoms. The van der Waals surface area contributed by atoms with Gasteiger partial charge in [-0.15, -0.1) is 0 Å². The Bertz CT molecular complexity index is 861. The summed E-state index contributed by atoms with van der Waals surface area (Å²) in [4.78, 5) is 14.3. The zero-order chi connectivity index (χ0) is 21.8. The average Bonchev–Trinajstić information content (AvgIpc) is 2.79. The van der Waals surface area contributed by atoms with Crippen molar-refractivity contribution in [2.45, 2.75) is 25.7 Å². The molecule has 0 fully saturated rings. The third-order valence-corrected chi connectivity index (χ3v) is 4.97. The van der Waals surface area contributed by atoms with Crippen LogP contribution in [0.15, 0.2) is 42.5 Å². The van der Waals surface area contributed by atoms with Crippen LogP contribution in [0.5, 0.6) is 11.5 Å². The van der Waals surface area contributed by atoms with Gasteiger partial charge in [0.25, 0.3) is 0 Å². The maximum Gasteiger partial charge on any atom is 0.220 e. The first kappa shape index (κ1) is 23.2. The maximum absolute atomic E-state index is 12.0. The summed E-state index contributed by atoms with van der Waals surface area (Å²) >= 11 is 0. The van der Waals surface area contributed by atoms with E-state index in [-0.39, 0.29) is 5.91 Å². The number of methoxy groups -OCH3 is 2. The van der Waals surface area contributed by atoms with Gasteiger partial charge >= 0.3 is 0 Å². The summed E-state index contributed by atoms with van der Waals surface area (Å²) in [5.74, 6) is 1.54. The summed E-state index contributed by atoms with van der Waals surface area (Å²) in [6.07, 6.45) is 2.90. The predicted octanol–water partition coefficient (Wildman–Crippen LogP) is 3.19. The maximum atomic E-state index is 12.0. The summed E-state index contributed by atoms with van der Waals surface area (Å²) in [6.45, 7) is 2.51. The Morgan fingerprint density at radius 3 is 2.53 bits per heavy atom. The lowest BCUT2D eigenvalue weighted by atomic mass is 10.1. The van der Waals surface area contributed by atoms with Crippen LogP contribution < -0.4 is 14.8 Å². The van der Waals surface area contributed by atoms with Gasteiger partial charge in [-0.1, -0.05) is 18.2 Å². The van der Waals surface area contributed by atoms with Crippen molar-refractivity contribution in [3.63, 3.8) is 0 Å². The molecule has 1 N–H and O–H groups in total. The van der Waals surface area contributed by atoms with Crippen LogP contribution in [0.4, 0.5) is 0 Å². The summed E-state index contributed by atoms with van der Waals surface area (Å²) in [6, 6.07) is 15.5. The van der Waals surface area contributed by atoms with Crippen LogP contribution in [0.2, 0.25) is 0 Å². The van der Waals surface area contributed by atoms with Crippen LogP contribution in [-0.2, 0) is 17.6 Å². The highest BCUT2D eigenvalue weighted by Gasteiger charge is 2.07. The van der Waals surface area contributed by atoms with Gasteiger partial charge in [0, 0.05) is 19.5 Å². The number of likely N-dealkylation sites (N-methyl/N-ethyl adjacent to an activating group) is 1. The van der Waals surface area contributed by atoms with Crippen LogP contribution in [0.25, 0.3) is 0 Å². The van der Waals surface area contributed by atoms with E-state index in [0.717, 1.165) is 43.0 Å². The van der Waals surface area contributed by atoms with Crippen molar-refractivity contribution in [2.75, 3.05) is 40.9 Å². The molecule has 0 aliphatic heterocycles. The SMILES string of the molecule is COc1ccc(CCN(C)CCCNC(=O)CCc2cccc(C#N)c2)cc1OC. The molecule has 6 nitrogen and oxygen atoms in total. The third-order valence-electron chi connectivity index (χ3n) is 4.97. The molecule has 2 aromatic rings. The van der Waals surface area contributed by atoms with E-state index in [1.54, 1.807) is 20.3 Å². The third kappa shape index (κ3) is 7.76. The van der Waals surface area contributed by atoms with E-state index in [0.29, 0.717) is 24.9 Å². The Morgan fingerprint density at radius 2 is 1.80 bits per heavy atom. The van der Waals surface area contributed by atoms with E-state index >= 15 is 0 Å². The molecule has 0 aliphatic rings. The van der Waals surface area contributed by atoms with Gasteiger partial charge in [-0.05, 0) is 68.2 Å². The number of carbonyl (C=O) groups is 1. The first-order chi connectivity index (χ1) is 14.5. The molecule has 2 rings (SSSR count). The predicted molar refractivity (Wildman–Crippen MR) is 118 cm³/mol. The number of aryl methyl sites for hydroxylation is 1. The summed E-state index contributed by atoms with van der Waals surface area (Å²) in [7, 11) is 5.37. The molecule has 0 unspecified atom stereocenters. The molecule has 160 valence electrons.